The highest BCUT2D eigenvalue weighted by Crippen LogP contribution is 2.36. The number of para-hydroxylation sites is 1. The fraction of sp³-hybridized carbons (Fsp3) is 0. The molecule has 0 aliphatic heterocycles. The number of hydrogen-bond acceptors (Lipinski definition) is 5. The van der Waals surface area contributed by atoms with Gasteiger partial charge in [0.05, 0.1) is 0 Å². The van der Waals surface area contributed by atoms with Crippen molar-refractivity contribution in [3.63, 3.8) is 0 Å². The number of anilines is 1. The molecule has 5 rings (SSSR count). The lowest BCUT2D eigenvalue weighted by Gasteiger charge is -2.05. The molecule has 4 aromatic heterocycles. The van der Waals surface area contributed by atoms with Crippen molar-refractivity contribution in [1.29, 1.82) is 0 Å². The Bertz CT molecular complexity index is 1360. The van der Waals surface area contributed by atoms with Gasteiger partial charge in [-0.25, -0.2) is 9.78 Å². The van der Waals surface area contributed by atoms with Gasteiger partial charge in [-0.3, -0.25) is 4.79 Å². The van der Waals surface area contributed by atoms with Crippen LogP contribution in [0.4, 0.5) is 5.00 Å². The van der Waals surface area contributed by atoms with Crippen LogP contribution in [-0.4, -0.2) is 27.0 Å². The summed E-state index contributed by atoms with van der Waals surface area (Å²) in [6.45, 7) is 0. The van der Waals surface area contributed by atoms with Gasteiger partial charge in [-0.1, -0.05) is 18.2 Å². The molecule has 1 aromatic carbocycles. The third kappa shape index (κ3) is 2.95. The number of hydrogen-bond donors (Lipinski definition) is 3. The molecule has 0 spiro atoms. The average Bonchev–Trinajstić information content (AvgIpc) is 3.44. The highest BCUT2D eigenvalue weighted by Gasteiger charge is 2.23. The second-order valence-electron chi connectivity index (χ2n) is 6.40. The van der Waals surface area contributed by atoms with Crippen LogP contribution in [0, 0.1) is 0 Å². The predicted molar refractivity (Wildman–Crippen MR) is 111 cm³/mol. The standard InChI is InChI=1S/C21H13N3O4S/c25-19(16-8-11-3-1-2-4-15(11)28-16)24-20-17(21(26)27)14(10-29-20)13-7-12-5-6-22-18(12)23-9-13/h1-10H,(H,22,23)(H,24,25)(H,26,27). The van der Waals surface area contributed by atoms with E-state index >= 15 is 0 Å². The van der Waals surface area contributed by atoms with Crippen LogP contribution < -0.4 is 5.32 Å². The zero-order chi connectivity index (χ0) is 20.0. The summed E-state index contributed by atoms with van der Waals surface area (Å²) in [4.78, 5) is 31.9. The summed E-state index contributed by atoms with van der Waals surface area (Å²) >= 11 is 1.15. The van der Waals surface area contributed by atoms with Crippen LogP contribution in [0.25, 0.3) is 33.1 Å². The number of aromatic nitrogens is 2. The molecule has 0 aliphatic rings. The zero-order valence-electron chi connectivity index (χ0n) is 14.8. The van der Waals surface area contributed by atoms with Crippen LogP contribution in [0.3, 0.4) is 0 Å². The summed E-state index contributed by atoms with van der Waals surface area (Å²) in [5.41, 5.74) is 2.50. The first kappa shape index (κ1) is 17.2. The molecule has 4 heterocycles. The van der Waals surface area contributed by atoms with E-state index in [4.69, 9.17) is 4.42 Å². The van der Waals surface area contributed by atoms with E-state index in [-0.39, 0.29) is 16.3 Å². The Morgan fingerprint density at radius 2 is 2.00 bits per heavy atom. The molecular weight excluding hydrogens is 390 g/mol. The van der Waals surface area contributed by atoms with E-state index in [0.29, 0.717) is 16.7 Å². The molecule has 0 fully saturated rings. The summed E-state index contributed by atoms with van der Waals surface area (Å²) in [5.74, 6) is -1.51. The maximum absolute atomic E-state index is 12.6. The van der Waals surface area contributed by atoms with Crippen LogP contribution in [0.5, 0.6) is 0 Å². The number of amides is 1. The molecule has 0 saturated heterocycles. The third-order valence-corrected chi connectivity index (χ3v) is 5.49. The van der Waals surface area contributed by atoms with Crippen molar-refractivity contribution in [1.82, 2.24) is 9.97 Å². The number of aromatic amines is 1. The van der Waals surface area contributed by atoms with Gasteiger partial charge in [0.1, 0.15) is 21.8 Å². The van der Waals surface area contributed by atoms with Crippen LogP contribution in [0.1, 0.15) is 20.9 Å². The third-order valence-electron chi connectivity index (χ3n) is 4.59. The number of benzene rings is 1. The first-order valence-electron chi connectivity index (χ1n) is 8.68. The molecule has 29 heavy (non-hydrogen) atoms. The Hall–Kier alpha value is -3.91. The molecule has 142 valence electrons. The molecule has 0 saturated carbocycles. The van der Waals surface area contributed by atoms with Gasteiger partial charge >= 0.3 is 5.97 Å². The van der Waals surface area contributed by atoms with Crippen LogP contribution >= 0.6 is 11.3 Å². The van der Waals surface area contributed by atoms with Crippen molar-refractivity contribution in [3.8, 4) is 11.1 Å². The van der Waals surface area contributed by atoms with Gasteiger partial charge in [0, 0.05) is 39.7 Å². The normalized spacial score (nSPS) is 11.2. The minimum atomic E-state index is -1.13. The fourth-order valence-electron chi connectivity index (χ4n) is 3.22. The SMILES string of the molecule is O=C(Nc1scc(-c2cnc3[nH]ccc3c2)c1C(=O)O)c1cc2ccccc2o1. The second-order valence-corrected chi connectivity index (χ2v) is 7.28. The van der Waals surface area contributed by atoms with Crippen molar-refractivity contribution < 1.29 is 19.1 Å². The summed E-state index contributed by atoms with van der Waals surface area (Å²) in [6.07, 6.45) is 3.38. The quantitative estimate of drug-likeness (QED) is 0.392. The van der Waals surface area contributed by atoms with Gasteiger partial charge in [-0.15, -0.1) is 11.3 Å². The van der Waals surface area contributed by atoms with E-state index in [1.54, 1.807) is 29.9 Å². The number of carboxylic acids is 1. The lowest BCUT2D eigenvalue weighted by molar-refractivity contribution is 0.0699. The molecule has 0 radical (unpaired) electrons. The fourth-order valence-corrected chi connectivity index (χ4v) is 4.18. The lowest BCUT2D eigenvalue weighted by atomic mass is 10.1. The van der Waals surface area contributed by atoms with Gasteiger partial charge in [0.25, 0.3) is 5.91 Å². The first-order valence-corrected chi connectivity index (χ1v) is 9.56. The van der Waals surface area contributed by atoms with E-state index in [1.165, 1.54) is 0 Å². The number of H-pyrrole nitrogens is 1. The van der Waals surface area contributed by atoms with Gasteiger partial charge in [0.15, 0.2) is 5.76 Å². The van der Waals surface area contributed by atoms with E-state index in [2.05, 4.69) is 15.3 Å². The van der Waals surface area contributed by atoms with E-state index in [0.717, 1.165) is 27.8 Å². The zero-order valence-corrected chi connectivity index (χ0v) is 15.6. The molecule has 0 aliphatic carbocycles. The number of furan rings is 1. The molecule has 0 bridgehead atoms. The summed E-state index contributed by atoms with van der Waals surface area (Å²) in [5, 5.41) is 16.1. The van der Waals surface area contributed by atoms with Gasteiger partial charge in [0.2, 0.25) is 0 Å². The smallest absolute Gasteiger partial charge is 0.339 e. The number of carbonyl (C=O) groups is 2. The molecule has 8 heteroatoms. The monoisotopic (exact) mass is 403 g/mol. The molecule has 1 amide bonds. The van der Waals surface area contributed by atoms with Gasteiger partial charge in [-0.2, -0.15) is 0 Å². The van der Waals surface area contributed by atoms with Crippen LogP contribution in [0.2, 0.25) is 0 Å². The molecule has 5 aromatic rings. The number of aromatic carboxylic acids is 1. The first-order chi connectivity index (χ1) is 14.1. The minimum Gasteiger partial charge on any atom is -0.478 e. The van der Waals surface area contributed by atoms with Gasteiger partial charge in [-0.05, 0) is 24.3 Å². The Labute approximate surface area is 167 Å². The topological polar surface area (TPSA) is 108 Å². The number of carboxylic acid groups (broad SMARTS) is 1. The van der Waals surface area contributed by atoms with E-state index in [9.17, 15) is 14.7 Å². The average molecular weight is 403 g/mol. The highest BCUT2D eigenvalue weighted by atomic mass is 32.1. The van der Waals surface area contributed by atoms with E-state index in [1.807, 2.05) is 30.3 Å². The Kier molecular flexibility index (Phi) is 3.92. The Balaban J connectivity index is 1.51. The van der Waals surface area contributed by atoms with Crippen molar-refractivity contribution in [3.05, 3.63) is 71.6 Å². The Morgan fingerprint density at radius 3 is 2.83 bits per heavy atom. The lowest BCUT2D eigenvalue weighted by Crippen LogP contribution is -2.12. The minimum absolute atomic E-state index is 0.0242. The number of nitrogens with one attached hydrogen (secondary N) is 2. The number of pyridine rings is 1. The molecule has 3 N–H and O–H groups in total. The van der Waals surface area contributed by atoms with Crippen molar-refractivity contribution >= 4 is 50.2 Å². The summed E-state index contributed by atoms with van der Waals surface area (Å²) in [6, 6.07) is 12.6. The molecule has 0 unspecified atom stereocenters. The Morgan fingerprint density at radius 1 is 1.14 bits per heavy atom. The van der Waals surface area contributed by atoms with E-state index < -0.39 is 11.9 Å². The maximum Gasteiger partial charge on any atom is 0.339 e. The predicted octanol–water partition coefficient (Wildman–Crippen LogP) is 4.99. The van der Waals surface area contributed by atoms with Crippen LogP contribution in [-0.2, 0) is 0 Å². The molecule has 0 atom stereocenters. The summed E-state index contributed by atoms with van der Waals surface area (Å²) < 4.78 is 5.56. The summed E-state index contributed by atoms with van der Waals surface area (Å²) in [7, 11) is 0. The number of carbonyl (C=O) groups excluding carboxylic acids is 1. The number of fused-ring (bicyclic) bond motifs is 2. The maximum atomic E-state index is 12.6. The van der Waals surface area contributed by atoms with Crippen molar-refractivity contribution in [2.75, 3.05) is 5.32 Å². The largest absolute Gasteiger partial charge is 0.478 e. The second kappa shape index (κ2) is 6.61. The highest BCUT2D eigenvalue weighted by molar-refractivity contribution is 7.15. The molecular formula is C21H13N3O4S. The van der Waals surface area contributed by atoms with Crippen LogP contribution in [0.15, 0.2) is 64.7 Å². The van der Waals surface area contributed by atoms with Crippen molar-refractivity contribution in [2.45, 2.75) is 0 Å². The number of thiophene rings is 1. The number of nitrogens with zero attached hydrogens (tertiary/aromatic N) is 1. The molecule has 7 nitrogen and oxygen atoms in total. The van der Waals surface area contributed by atoms with Crippen molar-refractivity contribution in [2.24, 2.45) is 0 Å². The van der Waals surface area contributed by atoms with Gasteiger partial charge < -0.3 is 19.8 Å². The number of rotatable bonds is 4.